The molecule has 1 atom stereocenters. The quantitative estimate of drug-likeness (QED) is 0.542. The summed E-state index contributed by atoms with van der Waals surface area (Å²) in [4.78, 5) is 0. The van der Waals surface area contributed by atoms with E-state index in [9.17, 15) is 0 Å². The van der Waals surface area contributed by atoms with Crippen molar-refractivity contribution in [1.29, 1.82) is 0 Å². The average Bonchev–Trinajstić information content (AvgIpc) is 2.65. The van der Waals surface area contributed by atoms with E-state index in [-0.39, 0.29) is 6.04 Å². The van der Waals surface area contributed by atoms with Crippen molar-refractivity contribution in [3.8, 4) is 11.8 Å². The number of aryl methyl sites for hydroxylation is 1. The SMILES string of the molecule is CC#CCCNC(CN)c1cnn(C)c1. The fraction of sp³-hybridized carbons (Fsp3) is 0.545. The van der Waals surface area contributed by atoms with Gasteiger partial charge in [0.1, 0.15) is 0 Å². The molecule has 4 nitrogen and oxygen atoms in total. The van der Waals surface area contributed by atoms with Gasteiger partial charge in [0.25, 0.3) is 0 Å². The third-order valence-corrected chi connectivity index (χ3v) is 2.18. The minimum absolute atomic E-state index is 0.178. The van der Waals surface area contributed by atoms with Gasteiger partial charge in [0.2, 0.25) is 0 Å². The summed E-state index contributed by atoms with van der Waals surface area (Å²) in [5.74, 6) is 5.88. The fourth-order valence-electron chi connectivity index (χ4n) is 1.39. The molecule has 15 heavy (non-hydrogen) atoms. The van der Waals surface area contributed by atoms with Gasteiger partial charge in [-0.3, -0.25) is 4.68 Å². The topological polar surface area (TPSA) is 55.9 Å². The third kappa shape index (κ3) is 3.74. The molecule has 0 aliphatic heterocycles. The zero-order valence-electron chi connectivity index (χ0n) is 9.33. The molecular weight excluding hydrogens is 188 g/mol. The molecule has 1 heterocycles. The molecule has 0 saturated heterocycles. The molecule has 0 fully saturated rings. The van der Waals surface area contributed by atoms with E-state index in [0.29, 0.717) is 6.54 Å². The lowest BCUT2D eigenvalue weighted by molar-refractivity contribution is 0.550. The van der Waals surface area contributed by atoms with Crippen LogP contribution in [0.1, 0.15) is 24.9 Å². The molecule has 1 aromatic rings. The van der Waals surface area contributed by atoms with Gasteiger partial charge in [-0.1, -0.05) is 0 Å². The van der Waals surface area contributed by atoms with Crippen LogP contribution in [0.15, 0.2) is 12.4 Å². The highest BCUT2D eigenvalue weighted by Gasteiger charge is 2.09. The van der Waals surface area contributed by atoms with Crippen molar-refractivity contribution >= 4 is 0 Å². The summed E-state index contributed by atoms with van der Waals surface area (Å²) >= 11 is 0. The Morgan fingerprint density at radius 3 is 3.00 bits per heavy atom. The van der Waals surface area contributed by atoms with Crippen LogP contribution in [0.2, 0.25) is 0 Å². The lowest BCUT2D eigenvalue weighted by Gasteiger charge is -2.13. The van der Waals surface area contributed by atoms with Crippen LogP contribution < -0.4 is 11.1 Å². The summed E-state index contributed by atoms with van der Waals surface area (Å²) in [5, 5.41) is 7.48. The van der Waals surface area contributed by atoms with Gasteiger partial charge in [0.05, 0.1) is 6.20 Å². The molecule has 1 aromatic heterocycles. The Balaban J connectivity index is 2.44. The van der Waals surface area contributed by atoms with Crippen molar-refractivity contribution in [1.82, 2.24) is 15.1 Å². The molecule has 4 heteroatoms. The average molecular weight is 206 g/mol. The van der Waals surface area contributed by atoms with Crippen LogP contribution in [0, 0.1) is 11.8 Å². The number of rotatable bonds is 5. The zero-order valence-corrected chi connectivity index (χ0v) is 9.33. The first kappa shape index (κ1) is 11.8. The summed E-state index contributed by atoms with van der Waals surface area (Å²) < 4.78 is 1.78. The van der Waals surface area contributed by atoms with Gasteiger partial charge in [-0.2, -0.15) is 5.10 Å². The molecule has 0 spiro atoms. The summed E-state index contributed by atoms with van der Waals surface area (Å²) in [6.07, 6.45) is 4.68. The van der Waals surface area contributed by atoms with Crippen LogP contribution in [-0.4, -0.2) is 22.9 Å². The lowest BCUT2D eigenvalue weighted by Crippen LogP contribution is -2.28. The Morgan fingerprint density at radius 2 is 2.47 bits per heavy atom. The van der Waals surface area contributed by atoms with E-state index in [2.05, 4.69) is 22.3 Å². The summed E-state index contributed by atoms with van der Waals surface area (Å²) in [6.45, 7) is 3.28. The van der Waals surface area contributed by atoms with Crippen molar-refractivity contribution < 1.29 is 0 Å². The van der Waals surface area contributed by atoms with E-state index in [4.69, 9.17) is 5.73 Å². The van der Waals surface area contributed by atoms with Crippen LogP contribution in [0.25, 0.3) is 0 Å². The highest BCUT2D eigenvalue weighted by atomic mass is 15.2. The van der Waals surface area contributed by atoms with Gasteiger partial charge in [-0.05, 0) is 6.92 Å². The molecule has 1 unspecified atom stereocenters. The van der Waals surface area contributed by atoms with Crippen molar-refractivity contribution in [2.45, 2.75) is 19.4 Å². The van der Waals surface area contributed by atoms with E-state index < -0.39 is 0 Å². The largest absolute Gasteiger partial charge is 0.329 e. The fourth-order valence-corrected chi connectivity index (χ4v) is 1.39. The minimum Gasteiger partial charge on any atom is -0.329 e. The minimum atomic E-state index is 0.178. The Morgan fingerprint density at radius 1 is 1.67 bits per heavy atom. The summed E-state index contributed by atoms with van der Waals surface area (Å²) in [5.41, 5.74) is 6.82. The molecule has 3 N–H and O–H groups in total. The third-order valence-electron chi connectivity index (χ3n) is 2.18. The maximum absolute atomic E-state index is 5.69. The highest BCUT2D eigenvalue weighted by Crippen LogP contribution is 2.09. The van der Waals surface area contributed by atoms with E-state index >= 15 is 0 Å². The monoisotopic (exact) mass is 206 g/mol. The molecule has 0 bridgehead atoms. The van der Waals surface area contributed by atoms with Crippen LogP contribution in [0.4, 0.5) is 0 Å². The number of nitrogens with two attached hydrogens (primary N) is 1. The van der Waals surface area contributed by atoms with Gasteiger partial charge in [-0.15, -0.1) is 11.8 Å². The molecular formula is C11H18N4. The van der Waals surface area contributed by atoms with Crippen LogP contribution >= 0.6 is 0 Å². The highest BCUT2D eigenvalue weighted by molar-refractivity contribution is 5.10. The molecule has 0 radical (unpaired) electrons. The smallest absolute Gasteiger partial charge is 0.0538 e. The molecule has 0 aliphatic carbocycles. The molecule has 0 saturated carbocycles. The number of nitrogens with one attached hydrogen (secondary N) is 1. The van der Waals surface area contributed by atoms with E-state index in [0.717, 1.165) is 18.5 Å². The van der Waals surface area contributed by atoms with Gasteiger partial charge in [-0.25, -0.2) is 0 Å². The Bertz CT molecular complexity index is 345. The maximum Gasteiger partial charge on any atom is 0.0538 e. The first-order valence-electron chi connectivity index (χ1n) is 5.09. The predicted molar refractivity (Wildman–Crippen MR) is 61.1 cm³/mol. The van der Waals surface area contributed by atoms with Crippen LogP contribution in [0.5, 0.6) is 0 Å². The Labute approximate surface area is 90.8 Å². The molecule has 0 amide bonds. The standard InChI is InChI=1S/C11H18N4/c1-3-4-5-6-13-11(7-12)10-8-14-15(2)9-10/h8-9,11,13H,5-7,12H2,1-2H3. The van der Waals surface area contributed by atoms with Crippen molar-refractivity contribution in [3.05, 3.63) is 18.0 Å². The molecule has 0 aliphatic rings. The van der Waals surface area contributed by atoms with Gasteiger partial charge < -0.3 is 11.1 Å². The second-order valence-electron chi connectivity index (χ2n) is 3.37. The van der Waals surface area contributed by atoms with Gasteiger partial charge in [0, 0.05) is 44.4 Å². The van der Waals surface area contributed by atoms with Crippen LogP contribution in [0.3, 0.4) is 0 Å². The molecule has 1 rings (SSSR count). The van der Waals surface area contributed by atoms with E-state index in [1.54, 1.807) is 4.68 Å². The molecule has 82 valence electrons. The first-order valence-corrected chi connectivity index (χ1v) is 5.09. The van der Waals surface area contributed by atoms with Gasteiger partial charge in [0.15, 0.2) is 0 Å². The van der Waals surface area contributed by atoms with Crippen molar-refractivity contribution in [2.24, 2.45) is 12.8 Å². The Hall–Kier alpha value is -1.31. The Kier molecular flexibility index (Phi) is 4.88. The maximum atomic E-state index is 5.69. The number of nitrogens with zero attached hydrogens (tertiary/aromatic N) is 2. The number of hydrogen-bond acceptors (Lipinski definition) is 3. The van der Waals surface area contributed by atoms with Crippen molar-refractivity contribution in [2.75, 3.05) is 13.1 Å². The lowest BCUT2D eigenvalue weighted by atomic mass is 10.1. The molecule has 0 aromatic carbocycles. The first-order chi connectivity index (χ1) is 7.27. The van der Waals surface area contributed by atoms with Gasteiger partial charge >= 0.3 is 0 Å². The predicted octanol–water partition coefficient (Wildman–Crippen LogP) is 0.423. The van der Waals surface area contributed by atoms with Crippen molar-refractivity contribution in [3.63, 3.8) is 0 Å². The van der Waals surface area contributed by atoms with Crippen LogP contribution in [-0.2, 0) is 7.05 Å². The second-order valence-corrected chi connectivity index (χ2v) is 3.37. The number of hydrogen-bond donors (Lipinski definition) is 2. The van der Waals surface area contributed by atoms with E-state index in [1.807, 2.05) is 26.4 Å². The second kappa shape index (κ2) is 6.23. The zero-order chi connectivity index (χ0) is 11.1. The number of aromatic nitrogens is 2. The summed E-state index contributed by atoms with van der Waals surface area (Å²) in [7, 11) is 1.90. The normalized spacial score (nSPS) is 11.9. The van der Waals surface area contributed by atoms with E-state index in [1.165, 1.54) is 0 Å². The summed E-state index contributed by atoms with van der Waals surface area (Å²) in [6, 6.07) is 0.178.